The third kappa shape index (κ3) is 4.30. The van der Waals surface area contributed by atoms with Crippen molar-refractivity contribution in [1.82, 2.24) is 14.5 Å². The van der Waals surface area contributed by atoms with Crippen molar-refractivity contribution in [3.63, 3.8) is 0 Å². The average molecular weight is 475 g/mol. The Labute approximate surface area is 190 Å². The molecular formula is C22H23FN4O3S2. The van der Waals surface area contributed by atoms with Crippen LogP contribution in [0.25, 0.3) is 0 Å². The fourth-order valence-electron chi connectivity index (χ4n) is 3.79. The van der Waals surface area contributed by atoms with Gasteiger partial charge in [0, 0.05) is 12.2 Å². The van der Waals surface area contributed by atoms with Gasteiger partial charge in [0.05, 0.1) is 10.9 Å². The van der Waals surface area contributed by atoms with E-state index in [1.807, 2.05) is 19.9 Å². The maximum Gasteiger partial charge on any atom is 0.286 e. The van der Waals surface area contributed by atoms with Crippen molar-refractivity contribution in [1.29, 1.82) is 0 Å². The van der Waals surface area contributed by atoms with E-state index < -0.39 is 27.8 Å². The minimum absolute atomic E-state index is 0.121. The molecule has 0 unspecified atom stereocenters. The van der Waals surface area contributed by atoms with E-state index in [1.165, 1.54) is 28.6 Å². The van der Waals surface area contributed by atoms with Crippen LogP contribution in [0.2, 0.25) is 0 Å². The number of halogens is 1. The number of rotatable bonds is 5. The van der Waals surface area contributed by atoms with Gasteiger partial charge in [0.2, 0.25) is 15.0 Å². The molecule has 1 atom stereocenters. The molecule has 0 bridgehead atoms. The van der Waals surface area contributed by atoms with Gasteiger partial charge in [-0.2, -0.15) is 4.31 Å². The highest BCUT2D eigenvalue weighted by atomic mass is 32.2. The molecule has 2 heterocycles. The standard InChI is InChI=1S/C22H23FN4O3S2/c1-13-11-15(3)19(12-14(13)2)32(29,30)27-10-4-5-18(27)21-25-26-22(31-21)20(28)24-17-8-6-16(23)7-9-17/h6-9,11-12,18H,4-5,10H2,1-3H3,(H,24,28)/t18-/m0/s1. The second-order valence-electron chi connectivity index (χ2n) is 7.88. The first-order valence-electron chi connectivity index (χ1n) is 10.2. The molecule has 0 aliphatic carbocycles. The van der Waals surface area contributed by atoms with Crippen molar-refractivity contribution >= 4 is 33.0 Å². The van der Waals surface area contributed by atoms with Crippen LogP contribution in [0.3, 0.4) is 0 Å². The van der Waals surface area contributed by atoms with Gasteiger partial charge in [-0.15, -0.1) is 10.2 Å². The largest absolute Gasteiger partial charge is 0.320 e. The predicted molar refractivity (Wildman–Crippen MR) is 121 cm³/mol. The van der Waals surface area contributed by atoms with Gasteiger partial charge in [0.1, 0.15) is 10.8 Å². The summed E-state index contributed by atoms with van der Waals surface area (Å²) in [6, 6.07) is 8.53. The molecule has 0 radical (unpaired) electrons. The number of carbonyl (C=O) groups excluding carboxylic acids is 1. The number of amides is 1. The summed E-state index contributed by atoms with van der Waals surface area (Å²) in [4.78, 5) is 12.8. The first-order chi connectivity index (χ1) is 15.2. The Hall–Kier alpha value is -2.69. The van der Waals surface area contributed by atoms with Gasteiger partial charge in [0.15, 0.2) is 0 Å². The van der Waals surface area contributed by atoms with Crippen molar-refractivity contribution in [3.8, 4) is 0 Å². The average Bonchev–Trinajstić information content (AvgIpc) is 3.42. The van der Waals surface area contributed by atoms with E-state index in [0.29, 0.717) is 40.5 Å². The molecule has 0 saturated carbocycles. The summed E-state index contributed by atoms with van der Waals surface area (Å²) in [7, 11) is -3.73. The second-order valence-corrected chi connectivity index (χ2v) is 10.8. The Kier molecular flexibility index (Phi) is 6.11. The quantitative estimate of drug-likeness (QED) is 0.592. The molecule has 1 N–H and O–H groups in total. The van der Waals surface area contributed by atoms with Gasteiger partial charge in [0.25, 0.3) is 5.91 Å². The first kappa shape index (κ1) is 22.5. The lowest BCUT2D eigenvalue weighted by atomic mass is 10.1. The van der Waals surface area contributed by atoms with Crippen LogP contribution in [-0.2, 0) is 10.0 Å². The van der Waals surface area contributed by atoms with Crippen molar-refractivity contribution in [3.05, 3.63) is 68.9 Å². The topological polar surface area (TPSA) is 92.3 Å². The Morgan fingerprint density at radius 1 is 1.09 bits per heavy atom. The molecule has 168 valence electrons. The SMILES string of the molecule is Cc1cc(C)c(S(=O)(=O)N2CCC[C@H]2c2nnc(C(=O)Nc3ccc(F)cc3)s2)cc1C. The van der Waals surface area contributed by atoms with Gasteiger partial charge in [-0.25, -0.2) is 12.8 Å². The summed E-state index contributed by atoms with van der Waals surface area (Å²) < 4.78 is 41.5. The Morgan fingerprint density at radius 3 is 2.50 bits per heavy atom. The van der Waals surface area contributed by atoms with E-state index in [0.717, 1.165) is 22.5 Å². The number of benzene rings is 2. The molecule has 1 aromatic heterocycles. The minimum atomic E-state index is -3.73. The molecule has 1 fully saturated rings. The fraction of sp³-hybridized carbons (Fsp3) is 0.318. The lowest BCUT2D eigenvalue weighted by Gasteiger charge is -2.23. The smallest absolute Gasteiger partial charge is 0.286 e. The van der Waals surface area contributed by atoms with Crippen LogP contribution in [0.1, 0.15) is 50.4 Å². The van der Waals surface area contributed by atoms with Gasteiger partial charge < -0.3 is 5.32 Å². The van der Waals surface area contributed by atoms with Gasteiger partial charge >= 0.3 is 0 Å². The van der Waals surface area contributed by atoms with Crippen LogP contribution in [-0.4, -0.2) is 35.4 Å². The molecule has 1 aliphatic rings. The molecule has 1 aliphatic heterocycles. The lowest BCUT2D eigenvalue weighted by Crippen LogP contribution is -2.31. The zero-order valence-corrected chi connectivity index (χ0v) is 19.6. The molecule has 3 aromatic rings. The van der Waals surface area contributed by atoms with Crippen LogP contribution in [0, 0.1) is 26.6 Å². The highest BCUT2D eigenvalue weighted by Crippen LogP contribution is 2.38. The molecule has 0 spiro atoms. The molecule has 1 saturated heterocycles. The van der Waals surface area contributed by atoms with E-state index in [4.69, 9.17) is 0 Å². The molecule has 4 rings (SSSR count). The fourth-order valence-corrected chi connectivity index (χ4v) is 6.70. The van der Waals surface area contributed by atoms with E-state index >= 15 is 0 Å². The Balaban J connectivity index is 1.58. The summed E-state index contributed by atoms with van der Waals surface area (Å²) >= 11 is 1.07. The normalized spacial score (nSPS) is 16.9. The summed E-state index contributed by atoms with van der Waals surface area (Å²) in [5, 5.41) is 11.3. The van der Waals surface area contributed by atoms with Crippen molar-refractivity contribution < 1.29 is 17.6 Å². The molecule has 7 nitrogen and oxygen atoms in total. The number of hydrogen-bond donors (Lipinski definition) is 1. The summed E-state index contributed by atoms with van der Waals surface area (Å²) in [5.41, 5.74) is 3.10. The van der Waals surface area contributed by atoms with E-state index in [-0.39, 0.29) is 5.01 Å². The highest BCUT2D eigenvalue weighted by Gasteiger charge is 2.39. The monoisotopic (exact) mass is 474 g/mol. The van der Waals surface area contributed by atoms with Crippen molar-refractivity contribution in [2.45, 2.75) is 44.6 Å². The van der Waals surface area contributed by atoms with Crippen LogP contribution in [0.4, 0.5) is 10.1 Å². The third-order valence-electron chi connectivity index (χ3n) is 5.60. The number of carbonyl (C=O) groups is 1. The second kappa shape index (κ2) is 8.68. The zero-order chi connectivity index (χ0) is 23.0. The Bertz CT molecular complexity index is 1270. The minimum Gasteiger partial charge on any atom is -0.320 e. The van der Waals surface area contributed by atoms with Crippen LogP contribution >= 0.6 is 11.3 Å². The molecule has 32 heavy (non-hydrogen) atoms. The number of aryl methyl sites for hydroxylation is 3. The van der Waals surface area contributed by atoms with Crippen LogP contribution in [0.15, 0.2) is 41.3 Å². The van der Waals surface area contributed by atoms with Crippen LogP contribution in [0.5, 0.6) is 0 Å². The summed E-state index contributed by atoms with van der Waals surface area (Å²) in [6.07, 6.45) is 1.31. The van der Waals surface area contributed by atoms with Gasteiger partial charge in [-0.3, -0.25) is 4.79 Å². The van der Waals surface area contributed by atoms with E-state index in [1.54, 1.807) is 13.0 Å². The zero-order valence-electron chi connectivity index (χ0n) is 17.9. The molecule has 10 heteroatoms. The number of nitrogens with one attached hydrogen (secondary N) is 1. The molecule has 1 amide bonds. The molecule has 2 aromatic carbocycles. The molecular weight excluding hydrogens is 451 g/mol. The third-order valence-corrected chi connectivity index (χ3v) is 8.68. The summed E-state index contributed by atoms with van der Waals surface area (Å²) in [6.45, 7) is 6.03. The van der Waals surface area contributed by atoms with Gasteiger partial charge in [-0.1, -0.05) is 17.4 Å². The number of aromatic nitrogens is 2. The maximum atomic E-state index is 13.5. The van der Waals surface area contributed by atoms with Crippen LogP contribution < -0.4 is 5.32 Å². The highest BCUT2D eigenvalue weighted by molar-refractivity contribution is 7.89. The van der Waals surface area contributed by atoms with Gasteiger partial charge in [-0.05, 0) is 80.6 Å². The van der Waals surface area contributed by atoms with E-state index in [2.05, 4.69) is 15.5 Å². The van der Waals surface area contributed by atoms with Crippen molar-refractivity contribution in [2.75, 3.05) is 11.9 Å². The van der Waals surface area contributed by atoms with Crippen molar-refractivity contribution in [2.24, 2.45) is 0 Å². The Morgan fingerprint density at radius 2 is 1.78 bits per heavy atom. The van der Waals surface area contributed by atoms with E-state index in [9.17, 15) is 17.6 Å². The lowest BCUT2D eigenvalue weighted by molar-refractivity contribution is 0.102. The number of sulfonamides is 1. The number of anilines is 1. The number of hydrogen-bond acceptors (Lipinski definition) is 6. The predicted octanol–water partition coefficient (Wildman–Crippen LogP) is 4.38. The number of nitrogens with zero attached hydrogens (tertiary/aromatic N) is 3. The summed E-state index contributed by atoms with van der Waals surface area (Å²) in [5.74, 6) is -0.875. The maximum absolute atomic E-state index is 13.5. The first-order valence-corrected chi connectivity index (χ1v) is 12.4.